The van der Waals surface area contributed by atoms with Gasteiger partial charge in [-0.2, -0.15) is 5.10 Å². The van der Waals surface area contributed by atoms with E-state index in [1.165, 1.54) is 18.3 Å². The van der Waals surface area contributed by atoms with E-state index in [0.717, 1.165) is 11.1 Å². The second-order valence-electron chi connectivity index (χ2n) is 5.89. The second-order valence-corrected chi connectivity index (χ2v) is 5.89. The van der Waals surface area contributed by atoms with Gasteiger partial charge in [-0.3, -0.25) is 9.59 Å². The Morgan fingerprint density at radius 1 is 1.14 bits per heavy atom. The molecule has 2 rings (SSSR count). The first kappa shape index (κ1) is 20.6. The number of hydrogen-bond donors (Lipinski definition) is 3. The molecule has 0 aromatic heterocycles. The van der Waals surface area contributed by atoms with E-state index in [4.69, 9.17) is 4.74 Å². The van der Waals surface area contributed by atoms with Crippen LogP contribution in [0, 0.1) is 13.8 Å². The third-order valence-corrected chi connectivity index (χ3v) is 3.97. The molecule has 2 aromatic rings. The molecule has 0 fully saturated rings. The van der Waals surface area contributed by atoms with Crippen molar-refractivity contribution in [2.45, 2.75) is 20.8 Å². The third kappa shape index (κ3) is 5.16. The molecule has 0 radical (unpaired) electrons. The maximum Gasteiger partial charge on any atom is 0.339 e. The highest BCUT2D eigenvalue weighted by Gasteiger charge is 2.15. The first-order valence-electron chi connectivity index (χ1n) is 8.54. The molecule has 0 saturated carbocycles. The number of anilines is 1. The van der Waals surface area contributed by atoms with Gasteiger partial charge < -0.3 is 15.2 Å². The Morgan fingerprint density at radius 3 is 2.57 bits per heavy atom. The van der Waals surface area contributed by atoms with Crippen molar-refractivity contribution < 1.29 is 24.2 Å². The summed E-state index contributed by atoms with van der Waals surface area (Å²) in [5.74, 6) is -2.70. The highest BCUT2D eigenvalue weighted by molar-refractivity contribution is 6.39. The van der Waals surface area contributed by atoms with E-state index in [0.29, 0.717) is 17.9 Å². The highest BCUT2D eigenvalue weighted by Crippen LogP contribution is 2.20. The zero-order valence-corrected chi connectivity index (χ0v) is 15.8. The minimum atomic E-state index is -1.14. The van der Waals surface area contributed by atoms with Gasteiger partial charge in [0.15, 0.2) is 0 Å². The van der Waals surface area contributed by atoms with E-state index < -0.39 is 17.8 Å². The number of hydrogen-bond acceptors (Lipinski definition) is 5. The van der Waals surface area contributed by atoms with Crippen molar-refractivity contribution >= 4 is 29.7 Å². The van der Waals surface area contributed by atoms with Crippen LogP contribution in [-0.2, 0) is 9.59 Å². The molecule has 2 aromatic carbocycles. The lowest BCUT2D eigenvalue weighted by molar-refractivity contribution is -0.136. The summed E-state index contributed by atoms with van der Waals surface area (Å²) >= 11 is 0. The zero-order chi connectivity index (χ0) is 20.7. The van der Waals surface area contributed by atoms with Crippen LogP contribution in [0.5, 0.6) is 5.75 Å². The Morgan fingerprint density at radius 2 is 1.89 bits per heavy atom. The predicted molar refractivity (Wildman–Crippen MR) is 105 cm³/mol. The summed E-state index contributed by atoms with van der Waals surface area (Å²) in [6.07, 6.45) is 1.24. The Kier molecular flexibility index (Phi) is 6.86. The van der Waals surface area contributed by atoms with Crippen molar-refractivity contribution in [1.82, 2.24) is 5.43 Å². The number of carbonyl (C=O) groups excluding carboxylic acids is 2. The number of carbonyl (C=O) groups is 3. The van der Waals surface area contributed by atoms with E-state index in [-0.39, 0.29) is 11.3 Å². The summed E-state index contributed by atoms with van der Waals surface area (Å²) in [5.41, 5.74) is 4.91. The SMILES string of the molecule is CCOc1ccc(/C=N\NC(=O)C(=O)Nc2cccc(C)c2C)cc1C(=O)O. The van der Waals surface area contributed by atoms with Gasteiger partial charge in [0.2, 0.25) is 0 Å². The van der Waals surface area contributed by atoms with Crippen molar-refractivity contribution in [1.29, 1.82) is 0 Å². The molecule has 0 aliphatic carbocycles. The molecule has 2 amide bonds. The van der Waals surface area contributed by atoms with E-state index >= 15 is 0 Å². The summed E-state index contributed by atoms with van der Waals surface area (Å²) in [4.78, 5) is 35.2. The van der Waals surface area contributed by atoms with Crippen LogP contribution in [0.1, 0.15) is 34.0 Å². The third-order valence-electron chi connectivity index (χ3n) is 3.97. The van der Waals surface area contributed by atoms with Crippen LogP contribution < -0.4 is 15.5 Å². The second kappa shape index (κ2) is 9.31. The number of rotatable bonds is 6. The number of carboxylic acid groups (broad SMARTS) is 1. The Hall–Kier alpha value is -3.68. The van der Waals surface area contributed by atoms with Crippen LogP contribution in [0.4, 0.5) is 5.69 Å². The van der Waals surface area contributed by atoms with Crippen LogP contribution in [0.2, 0.25) is 0 Å². The molecule has 0 atom stereocenters. The van der Waals surface area contributed by atoms with E-state index in [1.807, 2.05) is 19.9 Å². The van der Waals surface area contributed by atoms with Crippen LogP contribution in [0.3, 0.4) is 0 Å². The molecule has 0 heterocycles. The Balaban J connectivity index is 2.02. The molecule has 0 unspecified atom stereocenters. The summed E-state index contributed by atoms with van der Waals surface area (Å²) in [5, 5.41) is 15.5. The molecule has 0 saturated heterocycles. The summed E-state index contributed by atoms with van der Waals surface area (Å²) in [6.45, 7) is 5.82. The van der Waals surface area contributed by atoms with Crippen LogP contribution in [-0.4, -0.2) is 35.7 Å². The first-order valence-corrected chi connectivity index (χ1v) is 8.54. The summed E-state index contributed by atoms with van der Waals surface area (Å²) in [7, 11) is 0. The van der Waals surface area contributed by atoms with Gasteiger partial charge in [-0.1, -0.05) is 12.1 Å². The molecule has 0 aliphatic heterocycles. The molecule has 28 heavy (non-hydrogen) atoms. The van der Waals surface area contributed by atoms with E-state index in [1.54, 1.807) is 25.1 Å². The molecule has 3 N–H and O–H groups in total. The molecule has 0 spiro atoms. The van der Waals surface area contributed by atoms with Gasteiger partial charge in [0.1, 0.15) is 11.3 Å². The van der Waals surface area contributed by atoms with Gasteiger partial charge in [-0.05, 0) is 61.7 Å². The molecular weight excluding hydrogens is 362 g/mol. The lowest BCUT2D eigenvalue weighted by Gasteiger charge is -2.09. The van der Waals surface area contributed by atoms with Crippen LogP contribution in [0.25, 0.3) is 0 Å². The topological polar surface area (TPSA) is 117 Å². The largest absolute Gasteiger partial charge is 0.493 e. The lowest BCUT2D eigenvalue weighted by atomic mass is 10.1. The minimum absolute atomic E-state index is 0.0233. The number of nitrogens with zero attached hydrogens (tertiary/aromatic N) is 1. The maximum atomic E-state index is 12.0. The van der Waals surface area contributed by atoms with Crippen LogP contribution in [0.15, 0.2) is 41.5 Å². The average molecular weight is 383 g/mol. The zero-order valence-electron chi connectivity index (χ0n) is 15.8. The fraction of sp³-hybridized carbons (Fsp3) is 0.200. The van der Waals surface area contributed by atoms with Crippen molar-refractivity contribution in [3.63, 3.8) is 0 Å². The number of nitrogens with one attached hydrogen (secondary N) is 2. The normalized spacial score (nSPS) is 10.5. The molecule has 146 valence electrons. The lowest BCUT2D eigenvalue weighted by Crippen LogP contribution is -2.32. The van der Waals surface area contributed by atoms with Gasteiger partial charge >= 0.3 is 17.8 Å². The number of aromatic carboxylic acids is 1. The Labute approximate surface area is 162 Å². The quantitative estimate of drug-likeness (QED) is 0.402. The number of hydrazone groups is 1. The smallest absolute Gasteiger partial charge is 0.339 e. The van der Waals surface area contributed by atoms with Crippen molar-refractivity contribution in [3.05, 3.63) is 58.7 Å². The van der Waals surface area contributed by atoms with Crippen LogP contribution >= 0.6 is 0 Å². The monoisotopic (exact) mass is 383 g/mol. The standard InChI is InChI=1S/C20H21N3O5/c1-4-28-17-9-8-14(10-15(17)20(26)27)11-21-23-19(25)18(24)22-16-7-5-6-12(2)13(16)3/h5-11H,4H2,1-3H3,(H,22,24)(H,23,25)(H,26,27)/b21-11-. The molecular formula is C20H21N3O5. The minimum Gasteiger partial charge on any atom is -0.493 e. The van der Waals surface area contributed by atoms with Crippen molar-refractivity contribution in [2.24, 2.45) is 5.10 Å². The first-order chi connectivity index (χ1) is 13.3. The van der Waals surface area contributed by atoms with Gasteiger partial charge in [-0.25, -0.2) is 10.2 Å². The van der Waals surface area contributed by atoms with Crippen molar-refractivity contribution in [3.8, 4) is 5.75 Å². The molecule has 8 nitrogen and oxygen atoms in total. The van der Waals surface area contributed by atoms with Gasteiger partial charge in [-0.15, -0.1) is 0 Å². The predicted octanol–water partition coefficient (Wildman–Crippen LogP) is 2.49. The van der Waals surface area contributed by atoms with Gasteiger partial charge in [0.05, 0.1) is 12.8 Å². The molecule has 0 aliphatic rings. The summed E-state index contributed by atoms with van der Waals surface area (Å²) in [6, 6.07) is 9.83. The fourth-order valence-corrected chi connectivity index (χ4v) is 2.36. The molecule has 8 heteroatoms. The number of amides is 2. The number of aryl methyl sites for hydroxylation is 1. The average Bonchev–Trinajstić information content (AvgIpc) is 2.66. The van der Waals surface area contributed by atoms with E-state index in [9.17, 15) is 19.5 Å². The molecule has 0 bridgehead atoms. The maximum absolute atomic E-state index is 12.0. The van der Waals surface area contributed by atoms with E-state index in [2.05, 4.69) is 15.8 Å². The Bertz CT molecular complexity index is 937. The van der Waals surface area contributed by atoms with Gasteiger partial charge in [0, 0.05) is 5.69 Å². The number of benzene rings is 2. The highest BCUT2D eigenvalue weighted by atomic mass is 16.5. The van der Waals surface area contributed by atoms with Crippen molar-refractivity contribution in [2.75, 3.05) is 11.9 Å². The fourth-order valence-electron chi connectivity index (χ4n) is 2.36. The number of ether oxygens (including phenoxy) is 1. The number of carboxylic acids is 1. The summed E-state index contributed by atoms with van der Waals surface area (Å²) < 4.78 is 5.25. The van der Waals surface area contributed by atoms with Gasteiger partial charge in [0.25, 0.3) is 0 Å².